The Labute approximate surface area is 137 Å². The van der Waals surface area contributed by atoms with Crippen molar-refractivity contribution in [3.05, 3.63) is 22.2 Å². The van der Waals surface area contributed by atoms with Gasteiger partial charge >= 0.3 is 5.97 Å². The average molecular weight is 360 g/mol. The summed E-state index contributed by atoms with van der Waals surface area (Å²) in [5.74, 6) is -1.34. The highest BCUT2D eigenvalue weighted by Gasteiger charge is 2.30. The van der Waals surface area contributed by atoms with Crippen molar-refractivity contribution in [2.24, 2.45) is 5.92 Å². The van der Waals surface area contributed by atoms with Gasteiger partial charge in [0.2, 0.25) is 10.0 Å². The van der Waals surface area contributed by atoms with Gasteiger partial charge in [0.1, 0.15) is 13.2 Å². The lowest BCUT2D eigenvalue weighted by atomic mass is 10.1. The molecule has 2 N–H and O–H groups in total. The molecule has 0 fully saturated rings. The van der Waals surface area contributed by atoms with E-state index in [4.69, 9.17) is 14.6 Å². The zero-order chi connectivity index (χ0) is 17.9. The number of benzene rings is 1. The van der Waals surface area contributed by atoms with Crippen LogP contribution < -0.4 is 14.2 Å². The Morgan fingerprint density at radius 1 is 1.38 bits per heavy atom. The molecular weight excluding hydrogens is 344 g/mol. The quantitative estimate of drug-likeness (QED) is 0.535. The number of hydrogen-bond acceptors (Lipinski definition) is 7. The van der Waals surface area contributed by atoms with Crippen molar-refractivity contribution in [2.45, 2.75) is 18.2 Å². The van der Waals surface area contributed by atoms with E-state index in [0.29, 0.717) is 0 Å². The summed E-state index contributed by atoms with van der Waals surface area (Å²) in [6, 6.07) is 2.04. The van der Waals surface area contributed by atoms with Crippen molar-refractivity contribution < 1.29 is 32.7 Å². The van der Waals surface area contributed by atoms with Crippen LogP contribution in [0.25, 0.3) is 0 Å². The predicted molar refractivity (Wildman–Crippen MR) is 80.7 cm³/mol. The average Bonchev–Trinajstić information content (AvgIpc) is 2.51. The number of nitro benzene ring substituents is 1. The van der Waals surface area contributed by atoms with Gasteiger partial charge in [-0.3, -0.25) is 14.9 Å². The number of sulfonamides is 1. The van der Waals surface area contributed by atoms with Gasteiger partial charge in [0.25, 0.3) is 5.69 Å². The Morgan fingerprint density at radius 3 is 2.50 bits per heavy atom. The van der Waals surface area contributed by atoms with Crippen LogP contribution in [0.5, 0.6) is 11.5 Å². The largest absolute Gasteiger partial charge is 0.486 e. The van der Waals surface area contributed by atoms with Crippen LogP contribution >= 0.6 is 0 Å². The fourth-order valence-corrected chi connectivity index (χ4v) is 3.45. The molecule has 1 unspecified atom stereocenters. The maximum atomic E-state index is 12.4. The zero-order valence-electron chi connectivity index (χ0n) is 12.7. The van der Waals surface area contributed by atoms with Gasteiger partial charge in [0.15, 0.2) is 16.4 Å². The smallest absolute Gasteiger partial charge is 0.303 e. The fraction of sp³-hybridized carbons (Fsp3) is 0.462. The van der Waals surface area contributed by atoms with Gasteiger partial charge in [-0.2, -0.15) is 0 Å². The van der Waals surface area contributed by atoms with Crippen LogP contribution in [0.1, 0.15) is 13.3 Å². The summed E-state index contributed by atoms with van der Waals surface area (Å²) in [5.41, 5.74) is -0.641. The van der Waals surface area contributed by atoms with Crippen LogP contribution in [0.3, 0.4) is 0 Å². The first-order valence-electron chi connectivity index (χ1n) is 7.00. The highest BCUT2D eigenvalue weighted by atomic mass is 32.2. The highest BCUT2D eigenvalue weighted by Crippen LogP contribution is 2.38. The summed E-state index contributed by atoms with van der Waals surface area (Å²) in [5, 5.41) is 19.9. The molecule has 1 aromatic carbocycles. The minimum Gasteiger partial charge on any atom is -0.486 e. The molecular formula is C13H16N2O8S. The first-order chi connectivity index (χ1) is 11.2. The van der Waals surface area contributed by atoms with E-state index in [0.717, 1.165) is 12.1 Å². The van der Waals surface area contributed by atoms with Crippen molar-refractivity contribution in [3.8, 4) is 11.5 Å². The molecule has 0 bridgehead atoms. The van der Waals surface area contributed by atoms with E-state index in [-0.39, 0.29) is 37.7 Å². The number of nitro groups is 1. The summed E-state index contributed by atoms with van der Waals surface area (Å²) < 4.78 is 37.4. The summed E-state index contributed by atoms with van der Waals surface area (Å²) in [7, 11) is -4.22. The van der Waals surface area contributed by atoms with Crippen LogP contribution in [-0.2, 0) is 14.8 Å². The summed E-state index contributed by atoms with van der Waals surface area (Å²) >= 11 is 0. The second-order valence-electron chi connectivity index (χ2n) is 5.28. The van der Waals surface area contributed by atoms with E-state index in [2.05, 4.69) is 4.72 Å². The van der Waals surface area contributed by atoms with Gasteiger partial charge in [-0.25, -0.2) is 13.1 Å². The molecule has 0 saturated heterocycles. The molecule has 0 amide bonds. The first kappa shape index (κ1) is 17.9. The SMILES string of the molecule is CC(CNS(=O)(=O)c1cc2c(cc1[N+](=O)[O-])OCCO2)CC(=O)O. The number of carbonyl (C=O) groups is 1. The molecule has 1 aliphatic rings. The molecule has 0 aliphatic carbocycles. The van der Waals surface area contributed by atoms with Crippen LogP contribution in [-0.4, -0.2) is 44.2 Å². The second kappa shape index (κ2) is 7.01. The molecule has 1 heterocycles. The number of ether oxygens (including phenoxy) is 2. The summed E-state index contributed by atoms with van der Waals surface area (Å²) in [6.07, 6.45) is -0.230. The molecule has 1 aromatic rings. The molecule has 1 aliphatic heterocycles. The van der Waals surface area contributed by atoms with Crippen LogP contribution in [0.2, 0.25) is 0 Å². The third kappa shape index (κ3) is 4.11. The maximum Gasteiger partial charge on any atom is 0.303 e. The van der Waals surface area contributed by atoms with Crippen LogP contribution in [0.15, 0.2) is 17.0 Å². The molecule has 132 valence electrons. The Hall–Kier alpha value is -2.40. The van der Waals surface area contributed by atoms with Gasteiger partial charge in [-0.15, -0.1) is 0 Å². The van der Waals surface area contributed by atoms with Crippen molar-refractivity contribution in [3.63, 3.8) is 0 Å². The fourth-order valence-electron chi connectivity index (χ4n) is 2.12. The lowest BCUT2D eigenvalue weighted by Crippen LogP contribution is -2.30. The normalized spacial score (nSPS) is 14.9. The summed E-state index contributed by atoms with van der Waals surface area (Å²) in [6.45, 7) is 1.80. The van der Waals surface area contributed by atoms with Gasteiger partial charge < -0.3 is 14.6 Å². The van der Waals surface area contributed by atoms with E-state index < -0.39 is 37.4 Å². The molecule has 0 saturated carbocycles. The Morgan fingerprint density at radius 2 is 1.96 bits per heavy atom. The molecule has 0 aromatic heterocycles. The number of aliphatic carboxylic acids is 1. The second-order valence-corrected chi connectivity index (χ2v) is 7.01. The third-order valence-electron chi connectivity index (χ3n) is 3.25. The van der Waals surface area contributed by atoms with Crippen molar-refractivity contribution in [2.75, 3.05) is 19.8 Å². The number of nitrogens with one attached hydrogen (secondary N) is 1. The van der Waals surface area contributed by atoms with E-state index >= 15 is 0 Å². The number of hydrogen-bond donors (Lipinski definition) is 2. The molecule has 1 atom stereocenters. The van der Waals surface area contributed by atoms with Crippen LogP contribution in [0.4, 0.5) is 5.69 Å². The molecule has 0 radical (unpaired) electrons. The number of nitrogens with zero attached hydrogens (tertiary/aromatic N) is 1. The molecule has 24 heavy (non-hydrogen) atoms. The number of fused-ring (bicyclic) bond motifs is 1. The van der Waals surface area contributed by atoms with E-state index in [1.165, 1.54) is 0 Å². The van der Waals surface area contributed by atoms with Crippen molar-refractivity contribution in [1.82, 2.24) is 4.72 Å². The Bertz CT molecular complexity index is 761. The van der Waals surface area contributed by atoms with Gasteiger partial charge in [-0.1, -0.05) is 6.92 Å². The number of carboxylic acids is 1. The van der Waals surface area contributed by atoms with Gasteiger partial charge in [-0.05, 0) is 5.92 Å². The zero-order valence-corrected chi connectivity index (χ0v) is 13.5. The Balaban J connectivity index is 2.31. The monoisotopic (exact) mass is 360 g/mol. The lowest BCUT2D eigenvalue weighted by molar-refractivity contribution is -0.388. The van der Waals surface area contributed by atoms with Crippen molar-refractivity contribution >= 4 is 21.7 Å². The molecule has 11 heteroatoms. The van der Waals surface area contributed by atoms with E-state index in [9.17, 15) is 23.3 Å². The van der Waals surface area contributed by atoms with Gasteiger partial charge in [0, 0.05) is 19.0 Å². The maximum absolute atomic E-state index is 12.4. The standard InChI is InChI=1S/C13H16N2O8S/c1-8(4-13(16)17)7-14-24(20,21)12-6-11-10(22-2-3-23-11)5-9(12)15(18)19/h5-6,8,14H,2-4,7H2,1H3,(H,16,17). The third-order valence-corrected chi connectivity index (χ3v) is 4.71. The molecule has 10 nitrogen and oxygen atoms in total. The first-order valence-corrected chi connectivity index (χ1v) is 8.48. The lowest BCUT2D eigenvalue weighted by Gasteiger charge is -2.19. The minimum atomic E-state index is -4.22. The van der Waals surface area contributed by atoms with E-state index in [1.807, 2.05) is 0 Å². The Kier molecular flexibility index (Phi) is 5.24. The minimum absolute atomic E-state index is 0.103. The highest BCUT2D eigenvalue weighted by molar-refractivity contribution is 7.89. The number of rotatable bonds is 7. The van der Waals surface area contributed by atoms with E-state index in [1.54, 1.807) is 6.92 Å². The predicted octanol–water partition coefficient (Wildman–Crippen LogP) is 0.755. The van der Waals surface area contributed by atoms with Crippen molar-refractivity contribution in [1.29, 1.82) is 0 Å². The summed E-state index contributed by atoms with van der Waals surface area (Å²) in [4.78, 5) is 20.4. The van der Waals surface area contributed by atoms with Crippen LogP contribution in [0, 0.1) is 16.0 Å². The number of carboxylic acid groups (broad SMARTS) is 1. The molecule has 2 rings (SSSR count). The topological polar surface area (TPSA) is 145 Å². The van der Waals surface area contributed by atoms with Gasteiger partial charge in [0.05, 0.1) is 11.0 Å². The molecule has 0 spiro atoms.